The molecular formula is C14H18N4OS. The third-order valence-corrected chi connectivity index (χ3v) is 3.47. The van der Waals surface area contributed by atoms with Crippen molar-refractivity contribution >= 4 is 28.7 Å². The van der Waals surface area contributed by atoms with Gasteiger partial charge in [-0.05, 0) is 23.6 Å². The summed E-state index contributed by atoms with van der Waals surface area (Å²) in [4.78, 5) is 16.6. The van der Waals surface area contributed by atoms with Gasteiger partial charge in [0, 0.05) is 22.1 Å². The number of amides is 1. The second-order valence-corrected chi connectivity index (χ2v) is 6.27. The quantitative estimate of drug-likeness (QED) is 0.599. The topological polar surface area (TPSA) is 80.0 Å². The van der Waals surface area contributed by atoms with Gasteiger partial charge in [0.05, 0.1) is 5.69 Å². The highest BCUT2D eigenvalue weighted by Gasteiger charge is 2.19. The Hall–Kier alpha value is -1.92. The van der Waals surface area contributed by atoms with Crippen LogP contribution in [0.25, 0.3) is 0 Å². The van der Waals surface area contributed by atoms with Crippen molar-refractivity contribution in [2.24, 2.45) is 5.84 Å². The molecule has 20 heavy (non-hydrogen) atoms. The van der Waals surface area contributed by atoms with Gasteiger partial charge in [-0.1, -0.05) is 20.8 Å². The fraction of sp³-hybridized carbons (Fsp3) is 0.286. The number of hydrogen-bond donors (Lipinski definition) is 3. The molecule has 0 aliphatic carbocycles. The molecule has 2 heterocycles. The molecule has 1 amide bonds. The first-order valence-corrected chi connectivity index (χ1v) is 7.17. The molecule has 2 rings (SSSR count). The number of aromatic nitrogens is 1. The first kappa shape index (κ1) is 14.5. The van der Waals surface area contributed by atoms with Gasteiger partial charge in [-0.25, -0.2) is 10.8 Å². The molecule has 106 valence electrons. The van der Waals surface area contributed by atoms with Crippen LogP contribution in [0.3, 0.4) is 0 Å². The molecule has 4 N–H and O–H groups in total. The van der Waals surface area contributed by atoms with Gasteiger partial charge in [0.25, 0.3) is 5.91 Å². The third-order valence-electron chi connectivity index (χ3n) is 2.78. The van der Waals surface area contributed by atoms with Crippen LogP contribution in [0.15, 0.2) is 29.0 Å². The first-order valence-electron chi connectivity index (χ1n) is 6.23. The Balaban J connectivity index is 2.33. The Bertz CT molecular complexity index is 602. The molecule has 0 radical (unpaired) electrons. The van der Waals surface area contributed by atoms with E-state index in [1.54, 1.807) is 12.1 Å². The summed E-state index contributed by atoms with van der Waals surface area (Å²) < 4.78 is 0. The molecule has 0 aliphatic heterocycles. The Kier molecular flexibility index (Phi) is 4.06. The van der Waals surface area contributed by atoms with Crippen LogP contribution < -0.4 is 16.6 Å². The molecule has 0 fully saturated rings. The summed E-state index contributed by atoms with van der Waals surface area (Å²) in [5.41, 5.74) is 4.47. The SMILES string of the molecule is CC(C)(C)c1cc(C(=O)Nc2ccsc2)cc(NN)n1. The Labute approximate surface area is 122 Å². The lowest BCUT2D eigenvalue weighted by Crippen LogP contribution is -2.20. The molecule has 0 aromatic carbocycles. The minimum absolute atomic E-state index is 0.162. The fourth-order valence-corrected chi connectivity index (χ4v) is 2.25. The van der Waals surface area contributed by atoms with E-state index in [1.165, 1.54) is 11.3 Å². The van der Waals surface area contributed by atoms with Crippen LogP contribution in [0, 0.1) is 0 Å². The smallest absolute Gasteiger partial charge is 0.255 e. The van der Waals surface area contributed by atoms with Gasteiger partial charge in [-0.2, -0.15) is 11.3 Å². The second-order valence-electron chi connectivity index (χ2n) is 5.49. The summed E-state index contributed by atoms with van der Waals surface area (Å²) in [7, 11) is 0. The average molecular weight is 290 g/mol. The van der Waals surface area contributed by atoms with Crippen LogP contribution >= 0.6 is 11.3 Å². The highest BCUT2D eigenvalue weighted by molar-refractivity contribution is 7.08. The minimum Gasteiger partial charge on any atom is -0.321 e. The number of thiophene rings is 1. The number of nitrogens with two attached hydrogens (primary N) is 1. The third kappa shape index (κ3) is 3.34. The number of anilines is 2. The van der Waals surface area contributed by atoms with Crippen LogP contribution in [-0.4, -0.2) is 10.9 Å². The van der Waals surface area contributed by atoms with Crippen molar-refractivity contribution in [2.75, 3.05) is 10.7 Å². The Morgan fingerprint density at radius 2 is 2.10 bits per heavy atom. The summed E-state index contributed by atoms with van der Waals surface area (Å²) in [5, 5.41) is 6.64. The number of nitrogen functional groups attached to an aromatic ring is 1. The molecule has 0 saturated carbocycles. The zero-order valence-electron chi connectivity index (χ0n) is 11.7. The summed E-state index contributed by atoms with van der Waals surface area (Å²) in [6.45, 7) is 6.11. The van der Waals surface area contributed by atoms with E-state index in [1.807, 2.05) is 37.6 Å². The van der Waals surface area contributed by atoms with E-state index in [4.69, 9.17) is 5.84 Å². The van der Waals surface area contributed by atoms with Crippen LogP contribution in [0.2, 0.25) is 0 Å². The number of carbonyl (C=O) groups excluding carboxylic acids is 1. The van der Waals surface area contributed by atoms with Gasteiger partial charge < -0.3 is 10.7 Å². The van der Waals surface area contributed by atoms with Crippen LogP contribution in [0.5, 0.6) is 0 Å². The Morgan fingerprint density at radius 3 is 2.65 bits per heavy atom. The van der Waals surface area contributed by atoms with Gasteiger partial charge in [-0.3, -0.25) is 4.79 Å². The predicted molar refractivity (Wildman–Crippen MR) is 83.0 cm³/mol. The highest BCUT2D eigenvalue weighted by Crippen LogP contribution is 2.24. The molecule has 6 heteroatoms. The summed E-state index contributed by atoms with van der Waals surface area (Å²) in [5.74, 6) is 5.73. The minimum atomic E-state index is -0.173. The monoisotopic (exact) mass is 290 g/mol. The lowest BCUT2D eigenvalue weighted by molar-refractivity contribution is 0.102. The van der Waals surface area contributed by atoms with Crippen molar-refractivity contribution in [3.63, 3.8) is 0 Å². The molecular weight excluding hydrogens is 272 g/mol. The number of rotatable bonds is 3. The molecule has 0 saturated heterocycles. The van der Waals surface area contributed by atoms with Crippen LogP contribution in [0.4, 0.5) is 11.5 Å². The zero-order chi connectivity index (χ0) is 14.8. The van der Waals surface area contributed by atoms with Gasteiger partial charge in [0.2, 0.25) is 0 Å². The summed E-state index contributed by atoms with van der Waals surface area (Å²) in [6, 6.07) is 5.29. The number of hydrazine groups is 1. The molecule has 0 bridgehead atoms. The molecule has 0 atom stereocenters. The van der Waals surface area contributed by atoms with Crippen LogP contribution in [-0.2, 0) is 5.41 Å². The molecule has 2 aromatic rings. The van der Waals surface area contributed by atoms with E-state index in [0.717, 1.165) is 11.4 Å². The van der Waals surface area contributed by atoms with Crippen molar-refractivity contribution in [1.82, 2.24) is 4.98 Å². The maximum Gasteiger partial charge on any atom is 0.255 e. The molecule has 2 aromatic heterocycles. The number of hydrogen-bond acceptors (Lipinski definition) is 5. The van der Waals surface area contributed by atoms with E-state index in [9.17, 15) is 4.79 Å². The standard InChI is InChI=1S/C14H18N4OS/c1-14(2,3)11-6-9(7-12(17-11)18-15)13(19)16-10-4-5-20-8-10/h4-8H,15H2,1-3H3,(H,16,19)(H,17,18). The largest absolute Gasteiger partial charge is 0.321 e. The fourth-order valence-electron chi connectivity index (χ4n) is 1.66. The van der Waals surface area contributed by atoms with E-state index in [2.05, 4.69) is 15.7 Å². The van der Waals surface area contributed by atoms with Gasteiger partial charge in [0.15, 0.2) is 0 Å². The summed E-state index contributed by atoms with van der Waals surface area (Å²) >= 11 is 1.53. The maximum atomic E-state index is 12.3. The van der Waals surface area contributed by atoms with E-state index in [0.29, 0.717) is 11.4 Å². The zero-order valence-corrected chi connectivity index (χ0v) is 12.5. The second kappa shape index (κ2) is 5.60. The lowest BCUT2D eigenvalue weighted by Gasteiger charge is -2.19. The van der Waals surface area contributed by atoms with E-state index < -0.39 is 0 Å². The molecule has 5 nitrogen and oxygen atoms in total. The predicted octanol–water partition coefficient (Wildman–Crippen LogP) is 2.98. The van der Waals surface area contributed by atoms with Crippen molar-refractivity contribution < 1.29 is 4.79 Å². The maximum absolute atomic E-state index is 12.3. The number of carbonyl (C=O) groups is 1. The average Bonchev–Trinajstić information content (AvgIpc) is 2.90. The molecule has 0 aliphatic rings. The normalized spacial score (nSPS) is 11.2. The van der Waals surface area contributed by atoms with Crippen molar-refractivity contribution in [3.8, 4) is 0 Å². The van der Waals surface area contributed by atoms with Gasteiger partial charge in [-0.15, -0.1) is 0 Å². The van der Waals surface area contributed by atoms with Crippen molar-refractivity contribution in [3.05, 3.63) is 40.2 Å². The lowest BCUT2D eigenvalue weighted by atomic mass is 9.90. The number of nitrogens with one attached hydrogen (secondary N) is 2. The Morgan fingerprint density at radius 1 is 1.35 bits per heavy atom. The van der Waals surface area contributed by atoms with Crippen molar-refractivity contribution in [2.45, 2.75) is 26.2 Å². The summed E-state index contributed by atoms with van der Waals surface area (Å²) in [6.07, 6.45) is 0. The molecule has 0 spiro atoms. The van der Waals surface area contributed by atoms with Gasteiger partial charge >= 0.3 is 0 Å². The highest BCUT2D eigenvalue weighted by atomic mass is 32.1. The van der Waals surface area contributed by atoms with E-state index >= 15 is 0 Å². The number of pyridine rings is 1. The molecule has 0 unspecified atom stereocenters. The van der Waals surface area contributed by atoms with E-state index in [-0.39, 0.29) is 11.3 Å². The first-order chi connectivity index (χ1) is 9.40. The van der Waals surface area contributed by atoms with Crippen molar-refractivity contribution in [1.29, 1.82) is 0 Å². The van der Waals surface area contributed by atoms with Gasteiger partial charge in [0.1, 0.15) is 5.82 Å². The van der Waals surface area contributed by atoms with Crippen LogP contribution in [0.1, 0.15) is 36.8 Å². The number of nitrogens with zero attached hydrogens (tertiary/aromatic N) is 1.